The molecule has 0 amide bonds. The summed E-state index contributed by atoms with van der Waals surface area (Å²) in [5.41, 5.74) is 0. The first-order valence-corrected chi connectivity index (χ1v) is 3.40. The van der Waals surface area contributed by atoms with E-state index in [1.807, 2.05) is 6.29 Å². The van der Waals surface area contributed by atoms with Gasteiger partial charge in [0.2, 0.25) is 6.29 Å². The summed E-state index contributed by atoms with van der Waals surface area (Å²) in [5.74, 6) is 0.192. The molecule has 0 saturated heterocycles. The SMILES string of the molecule is O=[C]C1CCC(S)C1. The molecule has 1 rings (SSSR count). The fraction of sp³-hybridized carbons (Fsp3) is 0.833. The first-order valence-electron chi connectivity index (χ1n) is 2.88. The number of carbonyl (C=O) groups excluding carboxylic acids is 1. The molecule has 0 aromatic rings. The largest absolute Gasteiger partial charge is 0.291 e. The molecule has 2 atom stereocenters. The van der Waals surface area contributed by atoms with Crippen molar-refractivity contribution in [3.8, 4) is 0 Å². The summed E-state index contributed by atoms with van der Waals surface area (Å²) in [5, 5.41) is 0.460. The van der Waals surface area contributed by atoms with Crippen molar-refractivity contribution < 1.29 is 4.79 Å². The molecule has 2 unspecified atom stereocenters. The Morgan fingerprint density at radius 1 is 1.50 bits per heavy atom. The minimum atomic E-state index is 0.192. The van der Waals surface area contributed by atoms with Gasteiger partial charge in [0.25, 0.3) is 0 Å². The minimum absolute atomic E-state index is 0.192. The van der Waals surface area contributed by atoms with Gasteiger partial charge in [-0.05, 0) is 19.3 Å². The van der Waals surface area contributed by atoms with Crippen molar-refractivity contribution in [3.05, 3.63) is 0 Å². The quantitative estimate of drug-likeness (QED) is 0.526. The lowest BCUT2D eigenvalue weighted by Gasteiger charge is -1.94. The molecule has 0 spiro atoms. The molecule has 1 fully saturated rings. The van der Waals surface area contributed by atoms with Gasteiger partial charge in [0.15, 0.2) is 0 Å². The second-order valence-corrected chi connectivity index (χ2v) is 3.01. The van der Waals surface area contributed by atoms with Gasteiger partial charge in [-0.2, -0.15) is 12.6 Å². The Balaban J connectivity index is 2.32. The highest BCUT2D eigenvalue weighted by atomic mass is 32.1. The second-order valence-electron chi connectivity index (χ2n) is 2.28. The zero-order valence-corrected chi connectivity index (χ0v) is 5.53. The third kappa shape index (κ3) is 1.25. The van der Waals surface area contributed by atoms with E-state index >= 15 is 0 Å². The molecule has 8 heavy (non-hydrogen) atoms. The van der Waals surface area contributed by atoms with E-state index in [1.165, 1.54) is 0 Å². The molecule has 1 saturated carbocycles. The highest BCUT2D eigenvalue weighted by molar-refractivity contribution is 7.80. The Morgan fingerprint density at radius 3 is 2.50 bits per heavy atom. The van der Waals surface area contributed by atoms with Crippen LogP contribution in [0, 0.1) is 5.92 Å². The molecule has 1 radical (unpaired) electrons. The topological polar surface area (TPSA) is 17.1 Å². The molecular weight excluding hydrogens is 120 g/mol. The summed E-state index contributed by atoms with van der Waals surface area (Å²) in [6.45, 7) is 0. The van der Waals surface area contributed by atoms with Gasteiger partial charge in [0, 0.05) is 11.2 Å². The van der Waals surface area contributed by atoms with E-state index in [9.17, 15) is 4.79 Å². The van der Waals surface area contributed by atoms with Crippen molar-refractivity contribution >= 4 is 18.9 Å². The summed E-state index contributed by atoms with van der Waals surface area (Å²) in [6, 6.07) is 0. The molecule has 45 valence electrons. The van der Waals surface area contributed by atoms with E-state index in [0.29, 0.717) is 5.25 Å². The van der Waals surface area contributed by atoms with E-state index in [-0.39, 0.29) is 5.92 Å². The molecule has 0 aliphatic heterocycles. The first kappa shape index (κ1) is 6.14. The van der Waals surface area contributed by atoms with Gasteiger partial charge in [-0.3, -0.25) is 4.79 Å². The third-order valence-electron chi connectivity index (χ3n) is 1.57. The molecule has 1 aliphatic carbocycles. The van der Waals surface area contributed by atoms with Crippen molar-refractivity contribution in [2.75, 3.05) is 0 Å². The predicted molar refractivity (Wildman–Crippen MR) is 35.8 cm³/mol. The lowest BCUT2D eigenvalue weighted by atomic mass is 10.1. The maximum Gasteiger partial charge on any atom is 0.201 e. The summed E-state index contributed by atoms with van der Waals surface area (Å²) in [6.07, 6.45) is 5.02. The zero-order valence-electron chi connectivity index (χ0n) is 4.63. The van der Waals surface area contributed by atoms with E-state index < -0.39 is 0 Å². The van der Waals surface area contributed by atoms with Crippen LogP contribution in [0.1, 0.15) is 19.3 Å². The van der Waals surface area contributed by atoms with Gasteiger partial charge in [-0.1, -0.05) is 0 Å². The Morgan fingerprint density at radius 2 is 2.25 bits per heavy atom. The van der Waals surface area contributed by atoms with E-state index in [4.69, 9.17) is 0 Å². The van der Waals surface area contributed by atoms with Gasteiger partial charge in [-0.15, -0.1) is 0 Å². The van der Waals surface area contributed by atoms with E-state index in [0.717, 1.165) is 19.3 Å². The molecule has 1 aliphatic rings. The van der Waals surface area contributed by atoms with Crippen LogP contribution in [0.4, 0.5) is 0 Å². The lowest BCUT2D eigenvalue weighted by Crippen LogP contribution is -1.94. The van der Waals surface area contributed by atoms with Crippen LogP contribution in [0.5, 0.6) is 0 Å². The fourth-order valence-electron chi connectivity index (χ4n) is 1.06. The molecule has 0 aromatic heterocycles. The van der Waals surface area contributed by atoms with Crippen LogP contribution in [-0.4, -0.2) is 11.5 Å². The molecule has 0 aromatic carbocycles. The average molecular weight is 129 g/mol. The predicted octanol–water partition coefficient (Wildman–Crippen LogP) is 1.19. The van der Waals surface area contributed by atoms with Crippen LogP contribution >= 0.6 is 12.6 Å². The van der Waals surface area contributed by atoms with Gasteiger partial charge in [0.1, 0.15) is 0 Å². The molecule has 1 nitrogen and oxygen atoms in total. The minimum Gasteiger partial charge on any atom is -0.291 e. The maximum atomic E-state index is 9.99. The monoisotopic (exact) mass is 129 g/mol. The van der Waals surface area contributed by atoms with Crippen molar-refractivity contribution in [2.45, 2.75) is 24.5 Å². The normalized spacial score (nSPS) is 37.6. The van der Waals surface area contributed by atoms with Crippen molar-refractivity contribution in [1.29, 1.82) is 0 Å². The zero-order chi connectivity index (χ0) is 5.98. The van der Waals surface area contributed by atoms with Gasteiger partial charge in [-0.25, -0.2) is 0 Å². The number of rotatable bonds is 1. The van der Waals surface area contributed by atoms with Crippen molar-refractivity contribution in [1.82, 2.24) is 0 Å². The molecule has 2 heteroatoms. The van der Waals surface area contributed by atoms with E-state index in [1.54, 1.807) is 0 Å². The number of hydrogen-bond acceptors (Lipinski definition) is 2. The maximum absolute atomic E-state index is 9.99. The van der Waals surface area contributed by atoms with Crippen LogP contribution in [0.3, 0.4) is 0 Å². The Labute approximate surface area is 54.9 Å². The Bertz CT molecular complexity index is 92.5. The van der Waals surface area contributed by atoms with Crippen LogP contribution < -0.4 is 0 Å². The second kappa shape index (κ2) is 2.53. The van der Waals surface area contributed by atoms with Gasteiger partial charge in [0.05, 0.1) is 0 Å². The highest BCUT2D eigenvalue weighted by Crippen LogP contribution is 2.27. The van der Waals surface area contributed by atoms with Crippen LogP contribution in [0.2, 0.25) is 0 Å². The first-order chi connectivity index (χ1) is 3.83. The summed E-state index contributed by atoms with van der Waals surface area (Å²) in [7, 11) is 0. The Kier molecular flexibility index (Phi) is 1.95. The molecule has 0 bridgehead atoms. The van der Waals surface area contributed by atoms with Crippen LogP contribution in [-0.2, 0) is 4.79 Å². The summed E-state index contributed by atoms with van der Waals surface area (Å²) < 4.78 is 0. The van der Waals surface area contributed by atoms with E-state index in [2.05, 4.69) is 12.6 Å². The van der Waals surface area contributed by atoms with Crippen molar-refractivity contribution in [2.24, 2.45) is 5.92 Å². The molecule has 0 heterocycles. The van der Waals surface area contributed by atoms with Crippen LogP contribution in [0.25, 0.3) is 0 Å². The van der Waals surface area contributed by atoms with Crippen LogP contribution in [0.15, 0.2) is 0 Å². The highest BCUT2D eigenvalue weighted by Gasteiger charge is 2.21. The smallest absolute Gasteiger partial charge is 0.201 e. The van der Waals surface area contributed by atoms with Crippen molar-refractivity contribution in [3.63, 3.8) is 0 Å². The molecular formula is C6H9OS. The van der Waals surface area contributed by atoms with Gasteiger partial charge < -0.3 is 0 Å². The van der Waals surface area contributed by atoms with Gasteiger partial charge >= 0.3 is 0 Å². The fourth-order valence-corrected chi connectivity index (χ4v) is 1.47. The average Bonchev–Trinajstić information content (AvgIpc) is 2.14. The Hall–Kier alpha value is 0.0200. The third-order valence-corrected chi connectivity index (χ3v) is 2.04. The summed E-state index contributed by atoms with van der Waals surface area (Å²) >= 11 is 4.23. The standard InChI is InChI=1S/C6H9OS/c7-4-5-1-2-6(8)3-5/h5-6,8H,1-3H2. The molecule has 0 N–H and O–H groups in total. The number of thiol groups is 1. The number of hydrogen-bond donors (Lipinski definition) is 1. The summed E-state index contributed by atoms with van der Waals surface area (Å²) in [4.78, 5) is 9.99. The lowest BCUT2D eigenvalue weighted by molar-refractivity contribution is 0.523.